The van der Waals surface area contributed by atoms with Crippen LogP contribution in [0.2, 0.25) is 0 Å². The number of hydrogen-bond donors (Lipinski definition) is 1. The van der Waals surface area contributed by atoms with E-state index >= 15 is 0 Å². The van der Waals surface area contributed by atoms with Gasteiger partial charge in [0.05, 0.1) is 12.8 Å². The second-order valence-corrected chi connectivity index (χ2v) is 5.56. The van der Waals surface area contributed by atoms with E-state index < -0.39 is 0 Å². The number of benzene rings is 1. The molecule has 0 aliphatic rings. The van der Waals surface area contributed by atoms with Crippen molar-refractivity contribution in [3.63, 3.8) is 0 Å². The van der Waals surface area contributed by atoms with Crippen molar-refractivity contribution in [2.24, 2.45) is 0 Å². The van der Waals surface area contributed by atoms with E-state index in [-0.39, 0.29) is 0 Å². The maximum absolute atomic E-state index is 5.45. The first kappa shape index (κ1) is 15.5. The summed E-state index contributed by atoms with van der Waals surface area (Å²) in [7, 11) is 1.71. The van der Waals surface area contributed by atoms with Crippen LogP contribution >= 0.6 is 0 Å². The van der Waals surface area contributed by atoms with Crippen molar-refractivity contribution in [1.29, 1.82) is 0 Å². The lowest BCUT2D eigenvalue weighted by molar-refractivity contribution is 0.406. The number of aryl methyl sites for hydroxylation is 2. The molecule has 2 rings (SSSR count). The molecule has 0 fully saturated rings. The Hall–Kier alpha value is -1.87. The van der Waals surface area contributed by atoms with Crippen molar-refractivity contribution in [1.82, 2.24) is 10.3 Å². The van der Waals surface area contributed by atoms with E-state index in [1.165, 1.54) is 11.1 Å². The highest BCUT2D eigenvalue weighted by molar-refractivity contribution is 5.41. The van der Waals surface area contributed by atoms with Gasteiger partial charge in [0.1, 0.15) is 5.75 Å². The van der Waals surface area contributed by atoms with Crippen molar-refractivity contribution in [3.8, 4) is 5.75 Å². The van der Waals surface area contributed by atoms with Gasteiger partial charge in [-0.1, -0.05) is 29.8 Å². The predicted molar refractivity (Wildman–Crippen MR) is 86.7 cm³/mol. The quantitative estimate of drug-likeness (QED) is 0.905. The second-order valence-electron chi connectivity index (χ2n) is 5.56. The molecule has 1 atom stereocenters. The van der Waals surface area contributed by atoms with Crippen LogP contribution in [0.1, 0.15) is 40.9 Å². The fourth-order valence-corrected chi connectivity index (χ4v) is 2.47. The molecule has 0 spiro atoms. The standard InChI is InChI=1S/C18H24N2O/c1-12-6-8-16(9-7-12)15(4)19-11-17-14(3)18(21-5)13(2)10-20-17/h6-10,15,19H,11H2,1-5H3/t15-/m1/s1. The molecule has 21 heavy (non-hydrogen) atoms. The minimum absolute atomic E-state index is 0.291. The molecule has 3 heteroatoms. The largest absolute Gasteiger partial charge is 0.496 e. The molecule has 0 saturated carbocycles. The molecule has 1 heterocycles. The van der Waals surface area contributed by atoms with Gasteiger partial charge in [-0.05, 0) is 33.3 Å². The van der Waals surface area contributed by atoms with Crippen molar-refractivity contribution in [3.05, 3.63) is 58.4 Å². The van der Waals surface area contributed by atoms with Crippen molar-refractivity contribution < 1.29 is 4.74 Å². The molecule has 0 bridgehead atoms. The first-order chi connectivity index (χ1) is 10.0. The molecule has 0 amide bonds. The maximum Gasteiger partial charge on any atom is 0.128 e. The van der Waals surface area contributed by atoms with E-state index in [1.54, 1.807) is 7.11 Å². The zero-order chi connectivity index (χ0) is 15.4. The highest BCUT2D eigenvalue weighted by Gasteiger charge is 2.11. The smallest absolute Gasteiger partial charge is 0.128 e. The summed E-state index contributed by atoms with van der Waals surface area (Å²) < 4.78 is 5.45. The lowest BCUT2D eigenvalue weighted by atomic mass is 10.1. The van der Waals surface area contributed by atoms with Gasteiger partial charge in [0, 0.05) is 29.9 Å². The topological polar surface area (TPSA) is 34.1 Å². The molecule has 1 aromatic carbocycles. The Balaban J connectivity index is 2.08. The Bertz CT molecular complexity index is 605. The van der Waals surface area contributed by atoms with Gasteiger partial charge in [-0.25, -0.2) is 0 Å². The normalized spacial score (nSPS) is 12.2. The number of pyridine rings is 1. The van der Waals surface area contributed by atoms with Crippen LogP contribution < -0.4 is 10.1 Å². The SMILES string of the molecule is COc1c(C)cnc(CN[C@H](C)c2ccc(C)cc2)c1C. The number of methoxy groups -OCH3 is 1. The highest BCUT2D eigenvalue weighted by Crippen LogP contribution is 2.24. The summed E-state index contributed by atoms with van der Waals surface area (Å²) in [5.41, 5.74) is 5.80. The van der Waals surface area contributed by atoms with E-state index in [1.807, 2.05) is 13.1 Å². The third-order valence-corrected chi connectivity index (χ3v) is 3.90. The van der Waals surface area contributed by atoms with Gasteiger partial charge in [0.15, 0.2) is 0 Å². The van der Waals surface area contributed by atoms with Gasteiger partial charge in [-0.3, -0.25) is 4.98 Å². The van der Waals surface area contributed by atoms with Crippen LogP contribution in [0.25, 0.3) is 0 Å². The van der Waals surface area contributed by atoms with E-state index in [0.717, 1.165) is 29.1 Å². The number of hydrogen-bond acceptors (Lipinski definition) is 3. The Morgan fingerprint density at radius 2 is 1.81 bits per heavy atom. The average molecular weight is 284 g/mol. The van der Waals surface area contributed by atoms with Crippen LogP contribution in [-0.2, 0) is 6.54 Å². The fraction of sp³-hybridized carbons (Fsp3) is 0.389. The van der Waals surface area contributed by atoms with Crippen LogP contribution in [0.3, 0.4) is 0 Å². The lowest BCUT2D eigenvalue weighted by Gasteiger charge is -2.17. The van der Waals surface area contributed by atoms with Crippen LogP contribution in [-0.4, -0.2) is 12.1 Å². The molecule has 1 aromatic heterocycles. The summed E-state index contributed by atoms with van der Waals surface area (Å²) in [6.45, 7) is 9.09. The summed E-state index contributed by atoms with van der Waals surface area (Å²) in [5.74, 6) is 0.935. The summed E-state index contributed by atoms with van der Waals surface area (Å²) in [6.07, 6.45) is 1.87. The molecule has 0 saturated heterocycles. The number of aromatic nitrogens is 1. The van der Waals surface area contributed by atoms with Gasteiger partial charge < -0.3 is 10.1 Å². The third kappa shape index (κ3) is 3.61. The third-order valence-electron chi connectivity index (χ3n) is 3.90. The molecular weight excluding hydrogens is 260 g/mol. The Kier molecular flexibility index (Phi) is 4.97. The van der Waals surface area contributed by atoms with Crippen LogP contribution in [0, 0.1) is 20.8 Å². The summed E-state index contributed by atoms with van der Waals surface area (Å²) >= 11 is 0. The van der Waals surface area contributed by atoms with Crippen LogP contribution in [0.4, 0.5) is 0 Å². The number of nitrogens with zero attached hydrogens (tertiary/aromatic N) is 1. The lowest BCUT2D eigenvalue weighted by Crippen LogP contribution is -2.19. The molecule has 0 radical (unpaired) electrons. The average Bonchev–Trinajstić information content (AvgIpc) is 2.47. The zero-order valence-corrected chi connectivity index (χ0v) is 13.5. The van der Waals surface area contributed by atoms with Crippen LogP contribution in [0.15, 0.2) is 30.5 Å². The number of nitrogens with one attached hydrogen (secondary N) is 1. The Morgan fingerprint density at radius 1 is 1.14 bits per heavy atom. The van der Waals surface area contributed by atoms with E-state index in [2.05, 4.69) is 55.3 Å². The summed E-state index contributed by atoms with van der Waals surface area (Å²) in [6, 6.07) is 8.92. The summed E-state index contributed by atoms with van der Waals surface area (Å²) in [4.78, 5) is 4.52. The molecule has 1 N–H and O–H groups in total. The van der Waals surface area contributed by atoms with Crippen molar-refractivity contribution in [2.75, 3.05) is 7.11 Å². The molecule has 0 aliphatic carbocycles. The van der Waals surface area contributed by atoms with Crippen molar-refractivity contribution >= 4 is 0 Å². The van der Waals surface area contributed by atoms with E-state index in [0.29, 0.717) is 6.04 Å². The molecule has 2 aromatic rings. The monoisotopic (exact) mass is 284 g/mol. The number of ether oxygens (including phenoxy) is 1. The number of rotatable bonds is 5. The van der Waals surface area contributed by atoms with Gasteiger partial charge in [-0.2, -0.15) is 0 Å². The first-order valence-corrected chi connectivity index (χ1v) is 7.32. The zero-order valence-electron chi connectivity index (χ0n) is 13.5. The minimum atomic E-state index is 0.291. The van der Waals surface area contributed by atoms with Crippen LogP contribution in [0.5, 0.6) is 5.75 Å². The van der Waals surface area contributed by atoms with Gasteiger partial charge >= 0.3 is 0 Å². The minimum Gasteiger partial charge on any atom is -0.496 e. The van der Waals surface area contributed by atoms with Gasteiger partial charge in [-0.15, -0.1) is 0 Å². The molecule has 0 aliphatic heterocycles. The highest BCUT2D eigenvalue weighted by atomic mass is 16.5. The maximum atomic E-state index is 5.45. The molecule has 112 valence electrons. The van der Waals surface area contributed by atoms with E-state index in [4.69, 9.17) is 4.74 Å². The molecule has 3 nitrogen and oxygen atoms in total. The molecular formula is C18H24N2O. The summed E-state index contributed by atoms with van der Waals surface area (Å²) in [5, 5.41) is 3.53. The fourth-order valence-electron chi connectivity index (χ4n) is 2.47. The van der Waals surface area contributed by atoms with Gasteiger partial charge in [0.25, 0.3) is 0 Å². The van der Waals surface area contributed by atoms with Crippen molar-refractivity contribution in [2.45, 2.75) is 40.3 Å². The Labute approximate surface area is 127 Å². The Morgan fingerprint density at radius 3 is 2.43 bits per heavy atom. The predicted octanol–water partition coefficient (Wildman–Crippen LogP) is 3.87. The second kappa shape index (κ2) is 6.72. The van der Waals surface area contributed by atoms with E-state index in [9.17, 15) is 0 Å². The molecule has 0 unspecified atom stereocenters. The van der Waals surface area contributed by atoms with Gasteiger partial charge in [0.2, 0.25) is 0 Å². The first-order valence-electron chi connectivity index (χ1n) is 7.32.